The lowest BCUT2D eigenvalue weighted by Gasteiger charge is -2.18. The number of benzene rings is 1. The van der Waals surface area contributed by atoms with Crippen molar-refractivity contribution in [3.63, 3.8) is 0 Å². The van der Waals surface area contributed by atoms with Crippen LogP contribution in [0.2, 0.25) is 0 Å². The number of halogens is 3. The number of alkyl halides is 3. The first-order valence-electron chi connectivity index (χ1n) is 6.74. The Balaban J connectivity index is 2.15. The predicted octanol–water partition coefficient (Wildman–Crippen LogP) is 2.57. The molecule has 7 N–H and O–H groups in total. The van der Waals surface area contributed by atoms with E-state index in [1.165, 1.54) is 30.3 Å². The third kappa shape index (κ3) is 4.32. The Hall–Kier alpha value is -2.88. The molecule has 1 aromatic heterocycles. The average Bonchev–Trinajstić information content (AvgIpc) is 2.49. The zero-order valence-electron chi connectivity index (χ0n) is 12.6. The largest absolute Gasteiger partial charge is 0.573 e. The smallest absolute Gasteiger partial charge is 0.484 e. The highest BCUT2D eigenvalue weighted by molar-refractivity contribution is 5.71. The number of nitrogens with zero attached hydrogens (tertiary/aromatic N) is 1. The molecule has 130 valence electrons. The van der Waals surface area contributed by atoms with Crippen LogP contribution in [0.4, 0.5) is 30.5 Å². The van der Waals surface area contributed by atoms with Gasteiger partial charge in [-0.15, -0.1) is 13.2 Å². The summed E-state index contributed by atoms with van der Waals surface area (Å²) in [6.07, 6.45) is -5.25. The number of pyridine rings is 1. The van der Waals surface area contributed by atoms with Crippen LogP contribution in [0, 0.1) is 0 Å². The standard InChI is InChI=1S/C14H16F3N5O2/c1-7(8-2-4-9(5-3-8)24-14(15,16)17)23-10-6-11(18)21-13(22-20)12(10)19/h2-7H,19-20H2,1H3,(H3,18,21,22). The maximum absolute atomic E-state index is 12.1. The normalized spacial score (nSPS) is 12.5. The fraction of sp³-hybridized carbons (Fsp3) is 0.214. The third-order valence-corrected chi connectivity index (χ3v) is 3.06. The molecule has 1 aromatic carbocycles. The van der Waals surface area contributed by atoms with Gasteiger partial charge in [0.2, 0.25) is 0 Å². The van der Waals surface area contributed by atoms with Crippen LogP contribution in [-0.2, 0) is 0 Å². The number of rotatable bonds is 5. The van der Waals surface area contributed by atoms with E-state index < -0.39 is 12.5 Å². The Morgan fingerprint density at radius 3 is 2.33 bits per heavy atom. The van der Waals surface area contributed by atoms with Gasteiger partial charge in [-0.3, -0.25) is 0 Å². The quantitative estimate of drug-likeness (QED) is 0.486. The van der Waals surface area contributed by atoms with E-state index in [9.17, 15) is 13.2 Å². The second kappa shape index (κ2) is 6.71. The zero-order valence-corrected chi connectivity index (χ0v) is 12.6. The molecular formula is C14H16F3N5O2. The van der Waals surface area contributed by atoms with Crippen LogP contribution in [0.1, 0.15) is 18.6 Å². The van der Waals surface area contributed by atoms with Gasteiger partial charge in [0.1, 0.15) is 23.4 Å². The van der Waals surface area contributed by atoms with Crippen LogP contribution in [0.5, 0.6) is 11.5 Å². The maximum Gasteiger partial charge on any atom is 0.573 e. The molecule has 0 aliphatic carbocycles. The van der Waals surface area contributed by atoms with E-state index in [0.717, 1.165) is 0 Å². The number of aromatic nitrogens is 1. The van der Waals surface area contributed by atoms with Crippen molar-refractivity contribution in [3.05, 3.63) is 35.9 Å². The topological polar surface area (TPSA) is 121 Å². The van der Waals surface area contributed by atoms with Crippen LogP contribution in [-0.4, -0.2) is 11.3 Å². The highest BCUT2D eigenvalue weighted by Gasteiger charge is 2.31. The fourth-order valence-corrected chi connectivity index (χ4v) is 1.96. The van der Waals surface area contributed by atoms with E-state index in [2.05, 4.69) is 15.1 Å². The minimum atomic E-state index is -4.74. The van der Waals surface area contributed by atoms with Gasteiger partial charge in [-0.1, -0.05) is 12.1 Å². The Bertz CT molecular complexity index is 707. The fourth-order valence-electron chi connectivity index (χ4n) is 1.96. The van der Waals surface area contributed by atoms with Crippen molar-refractivity contribution in [3.8, 4) is 11.5 Å². The number of nitrogen functional groups attached to an aromatic ring is 3. The number of hydrogen-bond acceptors (Lipinski definition) is 7. The molecule has 0 radical (unpaired) electrons. The summed E-state index contributed by atoms with van der Waals surface area (Å²) in [4.78, 5) is 3.89. The molecule has 0 bridgehead atoms. The van der Waals surface area contributed by atoms with E-state index in [-0.39, 0.29) is 28.8 Å². The van der Waals surface area contributed by atoms with Gasteiger partial charge in [0, 0.05) is 6.07 Å². The Kier molecular flexibility index (Phi) is 4.88. The van der Waals surface area contributed by atoms with Crippen LogP contribution in [0.3, 0.4) is 0 Å². The number of nitrogens with one attached hydrogen (secondary N) is 1. The van der Waals surface area contributed by atoms with Gasteiger partial charge in [-0.25, -0.2) is 10.8 Å². The van der Waals surface area contributed by atoms with Gasteiger partial charge in [0.05, 0.1) is 0 Å². The Morgan fingerprint density at radius 1 is 1.17 bits per heavy atom. The minimum absolute atomic E-state index is 0.147. The molecule has 0 aliphatic rings. The molecule has 24 heavy (non-hydrogen) atoms. The molecule has 1 atom stereocenters. The average molecular weight is 343 g/mol. The van der Waals surface area contributed by atoms with E-state index in [1.807, 2.05) is 0 Å². The van der Waals surface area contributed by atoms with Gasteiger partial charge in [0.15, 0.2) is 11.6 Å². The summed E-state index contributed by atoms with van der Waals surface area (Å²) in [6, 6.07) is 6.72. The summed E-state index contributed by atoms with van der Waals surface area (Å²) < 4.78 is 45.9. The minimum Gasteiger partial charge on any atom is -0.484 e. The zero-order chi connectivity index (χ0) is 17.9. The lowest BCUT2D eigenvalue weighted by molar-refractivity contribution is -0.274. The summed E-state index contributed by atoms with van der Waals surface area (Å²) in [5.41, 5.74) is 14.6. The van der Waals surface area contributed by atoms with Crippen LogP contribution >= 0.6 is 0 Å². The summed E-state index contributed by atoms with van der Waals surface area (Å²) >= 11 is 0. The van der Waals surface area contributed by atoms with Crippen molar-refractivity contribution in [2.45, 2.75) is 19.4 Å². The molecular weight excluding hydrogens is 327 g/mol. The van der Waals surface area contributed by atoms with Crippen molar-refractivity contribution < 1.29 is 22.6 Å². The van der Waals surface area contributed by atoms with E-state index >= 15 is 0 Å². The number of nitrogens with two attached hydrogens (primary N) is 3. The molecule has 7 nitrogen and oxygen atoms in total. The van der Waals surface area contributed by atoms with Crippen molar-refractivity contribution in [2.24, 2.45) is 5.84 Å². The van der Waals surface area contributed by atoms with E-state index in [4.69, 9.17) is 22.0 Å². The number of ether oxygens (including phenoxy) is 2. The van der Waals surface area contributed by atoms with E-state index in [1.54, 1.807) is 6.92 Å². The molecule has 0 fully saturated rings. The molecule has 1 unspecified atom stereocenters. The molecule has 2 aromatic rings. The highest BCUT2D eigenvalue weighted by Crippen LogP contribution is 2.33. The molecule has 0 spiro atoms. The van der Waals surface area contributed by atoms with Crippen molar-refractivity contribution in [1.29, 1.82) is 0 Å². The summed E-state index contributed by atoms with van der Waals surface area (Å²) in [7, 11) is 0. The highest BCUT2D eigenvalue weighted by atomic mass is 19.4. The monoisotopic (exact) mass is 343 g/mol. The summed E-state index contributed by atoms with van der Waals surface area (Å²) in [5, 5.41) is 0. The first-order chi connectivity index (χ1) is 11.2. The van der Waals surface area contributed by atoms with Gasteiger partial charge < -0.3 is 26.4 Å². The number of anilines is 3. The van der Waals surface area contributed by atoms with Crippen LogP contribution < -0.4 is 32.2 Å². The predicted molar refractivity (Wildman–Crippen MR) is 83.0 cm³/mol. The van der Waals surface area contributed by atoms with Crippen molar-refractivity contribution in [2.75, 3.05) is 16.9 Å². The van der Waals surface area contributed by atoms with Crippen LogP contribution in [0.15, 0.2) is 30.3 Å². The summed E-state index contributed by atoms with van der Waals surface area (Å²) in [6.45, 7) is 1.70. The second-order valence-corrected chi connectivity index (χ2v) is 4.83. The van der Waals surface area contributed by atoms with Crippen molar-refractivity contribution in [1.82, 2.24) is 4.98 Å². The van der Waals surface area contributed by atoms with Gasteiger partial charge in [-0.2, -0.15) is 0 Å². The maximum atomic E-state index is 12.1. The molecule has 1 heterocycles. The third-order valence-electron chi connectivity index (χ3n) is 3.06. The molecule has 0 saturated heterocycles. The Labute approximate surface area is 135 Å². The lowest BCUT2D eigenvalue weighted by Crippen LogP contribution is -2.17. The molecule has 0 saturated carbocycles. The molecule has 0 aliphatic heterocycles. The second-order valence-electron chi connectivity index (χ2n) is 4.83. The van der Waals surface area contributed by atoms with E-state index in [0.29, 0.717) is 5.56 Å². The van der Waals surface area contributed by atoms with Gasteiger partial charge >= 0.3 is 6.36 Å². The lowest BCUT2D eigenvalue weighted by atomic mass is 10.1. The number of hydrazine groups is 1. The first kappa shape index (κ1) is 17.5. The van der Waals surface area contributed by atoms with Gasteiger partial charge in [-0.05, 0) is 24.6 Å². The van der Waals surface area contributed by atoms with Crippen LogP contribution in [0.25, 0.3) is 0 Å². The molecule has 0 amide bonds. The van der Waals surface area contributed by atoms with Crippen molar-refractivity contribution >= 4 is 17.3 Å². The number of hydrogen-bond donors (Lipinski definition) is 4. The summed E-state index contributed by atoms with van der Waals surface area (Å²) in [5.74, 6) is 5.52. The SMILES string of the molecule is CC(Oc1cc(N)nc(NN)c1N)c1ccc(OC(F)(F)F)cc1. The Morgan fingerprint density at radius 2 is 1.79 bits per heavy atom. The van der Waals surface area contributed by atoms with Gasteiger partial charge in [0.25, 0.3) is 0 Å². The molecule has 2 rings (SSSR count). The molecule has 10 heteroatoms. The first-order valence-corrected chi connectivity index (χ1v) is 6.74.